The largest absolute Gasteiger partial charge is 0.480 e. The van der Waals surface area contributed by atoms with E-state index in [2.05, 4.69) is 4.98 Å². The molecule has 0 radical (unpaired) electrons. The van der Waals surface area contributed by atoms with Crippen molar-refractivity contribution < 1.29 is 14.3 Å². The van der Waals surface area contributed by atoms with Gasteiger partial charge in [-0.1, -0.05) is 29.8 Å². The Bertz CT molecular complexity index is 827. The molecule has 1 atom stereocenters. The number of fused-ring (bicyclic) bond motifs is 1. The first-order chi connectivity index (χ1) is 10.0. The Morgan fingerprint density at radius 3 is 2.71 bits per heavy atom. The predicted molar refractivity (Wildman–Crippen MR) is 79.6 cm³/mol. The average molecular weight is 302 g/mol. The Hall–Kier alpha value is -2.33. The molecule has 1 unspecified atom stereocenters. The first-order valence-electron chi connectivity index (χ1n) is 6.35. The summed E-state index contributed by atoms with van der Waals surface area (Å²) >= 11 is 6.00. The van der Waals surface area contributed by atoms with E-state index in [4.69, 9.17) is 16.0 Å². The van der Waals surface area contributed by atoms with Gasteiger partial charge < -0.3 is 9.52 Å². The molecule has 4 nitrogen and oxygen atoms in total. The number of aromatic nitrogens is 1. The third-order valence-corrected chi connectivity index (χ3v) is 3.97. The van der Waals surface area contributed by atoms with Crippen LogP contribution in [0.4, 0.5) is 0 Å². The summed E-state index contributed by atoms with van der Waals surface area (Å²) in [6, 6.07) is 12.1. The van der Waals surface area contributed by atoms with E-state index in [1.807, 2.05) is 0 Å². The molecule has 1 aromatic heterocycles. The minimum absolute atomic E-state index is 0.502. The van der Waals surface area contributed by atoms with Crippen molar-refractivity contribution in [3.05, 3.63) is 65.0 Å². The molecule has 1 heterocycles. The van der Waals surface area contributed by atoms with E-state index in [1.54, 1.807) is 49.4 Å². The van der Waals surface area contributed by atoms with Crippen molar-refractivity contribution in [1.29, 1.82) is 0 Å². The number of rotatable bonds is 3. The summed E-state index contributed by atoms with van der Waals surface area (Å²) in [6.45, 7) is 1.66. The fourth-order valence-corrected chi connectivity index (χ4v) is 2.57. The molecule has 3 rings (SSSR count). The molecular weight excluding hydrogens is 290 g/mol. The van der Waals surface area contributed by atoms with Crippen LogP contribution in [0.15, 0.2) is 53.3 Å². The van der Waals surface area contributed by atoms with Gasteiger partial charge in [0.05, 0.1) is 0 Å². The first kappa shape index (κ1) is 13.6. The van der Waals surface area contributed by atoms with Crippen molar-refractivity contribution in [2.75, 3.05) is 0 Å². The summed E-state index contributed by atoms with van der Waals surface area (Å²) in [5, 5.41) is 10.3. The van der Waals surface area contributed by atoms with E-state index < -0.39 is 11.4 Å². The maximum absolute atomic E-state index is 11.9. The zero-order valence-electron chi connectivity index (χ0n) is 11.2. The molecule has 3 aromatic rings. The summed E-state index contributed by atoms with van der Waals surface area (Å²) in [6.07, 6.45) is 1.34. The number of nitrogens with zero attached hydrogens (tertiary/aromatic N) is 1. The Morgan fingerprint density at radius 1 is 1.24 bits per heavy atom. The van der Waals surface area contributed by atoms with Crippen LogP contribution in [0, 0.1) is 0 Å². The van der Waals surface area contributed by atoms with Gasteiger partial charge in [0.1, 0.15) is 10.9 Å². The molecule has 2 aromatic carbocycles. The van der Waals surface area contributed by atoms with E-state index >= 15 is 0 Å². The van der Waals surface area contributed by atoms with Crippen LogP contribution in [0.25, 0.3) is 11.1 Å². The molecule has 0 saturated carbocycles. The molecule has 0 amide bonds. The predicted octanol–water partition coefficient (Wildman–Crippen LogP) is 3.87. The minimum Gasteiger partial charge on any atom is -0.480 e. The lowest BCUT2D eigenvalue weighted by Gasteiger charge is -2.26. The van der Waals surface area contributed by atoms with Gasteiger partial charge in [-0.2, -0.15) is 0 Å². The van der Waals surface area contributed by atoms with Crippen LogP contribution in [0.5, 0.6) is 0 Å². The fourth-order valence-electron chi connectivity index (χ4n) is 2.38. The second-order valence-electron chi connectivity index (χ2n) is 4.98. The average Bonchev–Trinajstić information content (AvgIpc) is 2.93. The quantitative estimate of drug-likeness (QED) is 0.797. The smallest absolute Gasteiger partial charge is 0.318 e. The number of hydrogen-bond donors (Lipinski definition) is 1. The van der Waals surface area contributed by atoms with Gasteiger partial charge in [-0.3, -0.25) is 4.79 Å². The van der Waals surface area contributed by atoms with Crippen molar-refractivity contribution in [2.24, 2.45) is 0 Å². The lowest BCUT2D eigenvalue weighted by molar-refractivity contribution is -0.141. The van der Waals surface area contributed by atoms with Gasteiger partial charge >= 0.3 is 5.97 Å². The highest BCUT2D eigenvalue weighted by molar-refractivity contribution is 6.30. The van der Waals surface area contributed by atoms with Crippen LogP contribution < -0.4 is 0 Å². The van der Waals surface area contributed by atoms with Gasteiger partial charge in [0.25, 0.3) is 0 Å². The maximum Gasteiger partial charge on any atom is 0.318 e. The number of carbonyl (C=O) groups is 1. The number of hydrogen-bond acceptors (Lipinski definition) is 3. The molecule has 0 saturated heterocycles. The molecular formula is C16H12ClNO3. The van der Waals surface area contributed by atoms with Crippen molar-refractivity contribution in [1.82, 2.24) is 4.98 Å². The van der Waals surface area contributed by atoms with Gasteiger partial charge in [0, 0.05) is 5.02 Å². The zero-order valence-corrected chi connectivity index (χ0v) is 12.0. The number of benzene rings is 2. The lowest BCUT2D eigenvalue weighted by Crippen LogP contribution is -2.33. The molecule has 5 heteroatoms. The summed E-state index contributed by atoms with van der Waals surface area (Å²) in [7, 11) is 0. The van der Waals surface area contributed by atoms with Gasteiger partial charge in [0.15, 0.2) is 12.0 Å². The van der Waals surface area contributed by atoms with Crippen LogP contribution in [0.2, 0.25) is 5.02 Å². The maximum atomic E-state index is 11.9. The van der Waals surface area contributed by atoms with E-state index in [0.29, 0.717) is 27.2 Å². The van der Waals surface area contributed by atoms with Crippen molar-refractivity contribution in [3.8, 4) is 0 Å². The molecule has 0 fully saturated rings. The Kier molecular flexibility index (Phi) is 3.18. The van der Waals surface area contributed by atoms with Crippen LogP contribution >= 0.6 is 11.6 Å². The highest BCUT2D eigenvalue weighted by Gasteiger charge is 2.37. The zero-order chi connectivity index (χ0) is 15.0. The van der Waals surface area contributed by atoms with Crippen LogP contribution in [0.3, 0.4) is 0 Å². The third kappa shape index (κ3) is 2.17. The molecule has 0 bridgehead atoms. The number of oxazole rings is 1. The van der Waals surface area contributed by atoms with Gasteiger partial charge in [-0.05, 0) is 42.3 Å². The highest BCUT2D eigenvalue weighted by Crippen LogP contribution is 2.35. The summed E-state index contributed by atoms with van der Waals surface area (Å²) in [4.78, 5) is 16.0. The monoisotopic (exact) mass is 301 g/mol. The Labute approximate surface area is 126 Å². The number of carboxylic acids is 1. The highest BCUT2D eigenvalue weighted by atomic mass is 35.5. The summed E-state index contributed by atoms with van der Waals surface area (Å²) < 4.78 is 5.19. The van der Waals surface area contributed by atoms with Crippen LogP contribution in [-0.2, 0) is 10.2 Å². The normalized spacial score (nSPS) is 14.0. The van der Waals surface area contributed by atoms with Crippen molar-refractivity contribution >= 4 is 28.7 Å². The number of halogens is 1. The fraction of sp³-hybridized carbons (Fsp3) is 0.125. The minimum atomic E-state index is -1.21. The van der Waals surface area contributed by atoms with E-state index in [0.717, 1.165) is 0 Å². The topological polar surface area (TPSA) is 63.3 Å². The summed E-state index contributed by atoms with van der Waals surface area (Å²) in [5.41, 5.74) is 1.28. The van der Waals surface area contributed by atoms with E-state index in [9.17, 15) is 9.90 Å². The SMILES string of the molecule is CC(C(=O)O)(c1cccc(Cl)c1)c1ccc2ocnc2c1. The molecule has 106 valence electrons. The second kappa shape index (κ2) is 4.90. The van der Waals surface area contributed by atoms with E-state index in [1.165, 1.54) is 6.39 Å². The van der Waals surface area contributed by atoms with Gasteiger partial charge in [-0.25, -0.2) is 4.98 Å². The number of carboxylic acid groups (broad SMARTS) is 1. The van der Waals surface area contributed by atoms with E-state index in [-0.39, 0.29) is 0 Å². The molecule has 21 heavy (non-hydrogen) atoms. The van der Waals surface area contributed by atoms with Crippen LogP contribution in [-0.4, -0.2) is 16.1 Å². The molecule has 0 spiro atoms. The second-order valence-corrected chi connectivity index (χ2v) is 5.41. The van der Waals surface area contributed by atoms with Gasteiger partial charge in [-0.15, -0.1) is 0 Å². The van der Waals surface area contributed by atoms with Crippen molar-refractivity contribution in [2.45, 2.75) is 12.3 Å². The molecule has 0 aliphatic carbocycles. The first-order valence-corrected chi connectivity index (χ1v) is 6.73. The summed E-state index contributed by atoms with van der Waals surface area (Å²) in [5.74, 6) is -0.951. The number of aliphatic carboxylic acids is 1. The standard InChI is InChI=1S/C16H12ClNO3/c1-16(15(19)20,10-3-2-4-12(17)7-10)11-5-6-14-13(8-11)18-9-21-14/h2-9H,1H3,(H,19,20). The van der Waals surface area contributed by atoms with Crippen molar-refractivity contribution in [3.63, 3.8) is 0 Å². The Morgan fingerprint density at radius 2 is 2.00 bits per heavy atom. The Balaban J connectivity index is 2.23. The molecule has 0 aliphatic rings. The molecule has 0 aliphatic heterocycles. The molecule has 1 N–H and O–H groups in total. The van der Waals surface area contributed by atoms with Crippen LogP contribution in [0.1, 0.15) is 18.1 Å². The van der Waals surface area contributed by atoms with Gasteiger partial charge in [0.2, 0.25) is 0 Å². The lowest BCUT2D eigenvalue weighted by atomic mass is 9.76. The third-order valence-electron chi connectivity index (χ3n) is 3.74.